The summed E-state index contributed by atoms with van der Waals surface area (Å²) >= 11 is 0. The molecule has 1 aliphatic rings. The predicted octanol–water partition coefficient (Wildman–Crippen LogP) is 3.93. The Morgan fingerprint density at radius 3 is 2.69 bits per heavy atom. The smallest absolute Gasteiger partial charge is 0.225 e. The Morgan fingerprint density at radius 2 is 1.92 bits per heavy atom. The molecule has 0 bridgehead atoms. The summed E-state index contributed by atoms with van der Waals surface area (Å²) < 4.78 is 13.2. The maximum atomic E-state index is 13.2. The summed E-state index contributed by atoms with van der Waals surface area (Å²) in [6.45, 7) is 4.66. The molecular formula is C21H26FN3O. The zero-order valence-electron chi connectivity index (χ0n) is 15.2. The topological polar surface area (TPSA) is 44.4 Å². The zero-order chi connectivity index (χ0) is 18.4. The zero-order valence-corrected chi connectivity index (χ0v) is 15.2. The summed E-state index contributed by atoms with van der Waals surface area (Å²) in [5.74, 6) is -0.268. The second-order valence-corrected chi connectivity index (χ2v) is 6.91. The summed E-state index contributed by atoms with van der Waals surface area (Å²) in [5.41, 5.74) is 2.87. The van der Waals surface area contributed by atoms with Gasteiger partial charge in [0.2, 0.25) is 5.91 Å². The minimum absolute atomic E-state index is 0.0000297. The van der Waals surface area contributed by atoms with Crippen LogP contribution in [-0.4, -0.2) is 25.0 Å². The van der Waals surface area contributed by atoms with E-state index in [1.165, 1.54) is 25.0 Å². The molecule has 26 heavy (non-hydrogen) atoms. The molecule has 0 aromatic heterocycles. The average Bonchev–Trinajstić information content (AvgIpc) is 3.15. The molecule has 1 atom stereocenters. The predicted molar refractivity (Wildman–Crippen MR) is 104 cm³/mol. The molecule has 1 amide bonds. The van der Waals surface area contributed by atoms with E-state index in [4.69, 9.17) is 0 Å². The Kier molecular flexibility index (Phi) is 6.23. The van der Waals surface area contributed by atoms with Gasteiger partial charge in [-0.2, -0.15) is 0 Å². The average molecular weight is 355 g/mol. The van der Waals surface area contributed by atoms with Crippen LogP contribution < -0.4 is 15.5 Å². The van der Waals surface area contributed by atoms with E-state index in [1.807, 2.05) is 31.2 Å². The van der Waals surface area contributed by atoms with Gasteiger partial charge < -0.3 is 15.5 Å². The number of carbonyl (C=O) groups excluding carboxylic acids is 1. The van der Waals surface area contributed by atoms with Gasteiger partial charge in [0.05, 0.1) is 0 Å². The number of benzene rings is 2. The number of rotatable bonds is 7. The summed E-state index contributed by atoms with van der Waals surface area (Å²) in [5, 5.41) is 6.24. The van der Waals surface area contributed by atoms with Crippen molar-refractivity contribution in [1.29, 1.82) is 0 Å². The first kappa shape index (κ1) is 18.4. The maximum absolute atomic E-state index is 13.2. The van der Waals surface area contributed by atoms with Crippen LogP contribution in [-0.2, 0) is 11.3 Å². The highest BCUT2D eigenvalue weighted by molar-refractivity contribution is 5.91. The van der Waals surface area contributed by atoms with Crippen molar-refractivity contribution in [2.24, 2.45) is 0 Å². The molecule has 2 aromatic rings. The molecule has 0 aliphatic carbocycles. The van der Waals surface area contributed by atoms with E-state index in [1.54, 1.807) is 6.07 Å². The maximum Gasteiger partial charge on any atom is 0.225 e. The van der Waals surface area contributed by atoms with E-state index in [-0.39, 0.29) is 17.8 Å². The number of hydrogen-bond acceptors (Lipinski definition) is 3. The van der Waals surface area contributed by atoms with Gasteiger partial charge in [0.1, 0.15) is 5.82 Å². The molecule has 138 valence electrons. The van der Waals surface area contributed by atoms with Gasteiger partial charge in [-0.1, -0.05) is 18.2 Å². The van der Waals surface area contributed by atoms with Crippen molar-refractivity contribution in [2.45, 2.75) is 38.8 Å². The summed E-state index contributed by atoms with van der Waals surface area (Å²) in [7, 11) is 0. The van der Waals surface area contributed by atoms with E-state index in [2.05, 4.69) is 21.6 Å². The Bertz CT molecular complexity index is 744. The lowest BCUT2D eigenvalue weighted by molar-refractivity contribution is -0.116. The van der Waals surface area contributed by atoms with Gasteiger partial charge in [-0.05, 0) is 55.7 Å². The lowest BCUT2D eigenvalue weighted by Crippen LogP contribution is -2.30. The van der Waals surface area contributed by atoms with Crippen molar-refractivity contribution in [3.63, 3.8) is 0 Å². The van der Waals surface area contributed by atoms with Crippen LogP contribution in [0, 0.1) is 5.82 Å². The molecule has 2 aromatic carbocycles. The monoisotopic (exact) mass is 355 g/mol. The first-order chi connectivity index (χ1) is 12.6. The highest BCUT2D eigenvalue weighted by Crippen LogP contribution is 2.23. The fraction of sp³-hybridized carbons (Fsp3) is 0.381. The molecule has 1 aliphatic heterocycles. The lowest BCUT2D eigenvalue weighted by Gasteiger charge is -2.19. The third-order valence-corrected chi connectivity index (χ3v) is 4.64. The molecule has 0 spiro atoms. The van der Waals surface area contributed by atoms with Crippen LogP contribution in [0.3, 0.4) is 0 Å². The lowest BCUT2D eigenvalue weighted by atomic mass is 10.1. The second kappa shape index (κ2) is 8.81. The second-order valence-electron chi connectivity index (χ2n) is 6.91. The number of anilines is 2. The molecule has 1 unspecified atom stereocenters. The van der Waals surface area contributed by atoms with E-state index < -0.39 is 0 Å². The third-order valence-electron chi connectivity index (χ3n) is 4.64. The van der Waals surface area contributed by atoms with Crippen molar-refractivity contribution in [3.8, 4) is 0 Å². The first-order valence-electron chi connectivity index (χ1n) is 9.23. The molecular weight excluding hydrogens is 329 g/mol. The van der Waals surface area contributed by atoms with Crippen molar-refractivity contribution >= 4 is 17.3 Å². The van der Waals surface area contributed by atoms with E-state index in [0.29, 0.717) is 13.0 Å². The van der Waals surface area contributed by atoms with E-state index >= 15 is 0 Å². The molecule has 1 fully saturated rings. The number of halogens is 1. The number of nitrogens with zero attached hydrogens (tertiary/aromatic N) is 1. The first-order valence-corrected chi connectivity index (χ1v) is 9.23. The molecule has 5 heteroatoms. The fourth-order valence-electron chi connectivity index (χ4n) is 3.26. The Labute approximate surface area is 154 Å². The van der Waals surface area contributed by atoms with Gasteiger partial charge in [0.15, 0.2) is 0 Å². The van der Waals surface area contributed by atoms with Crippen LogP contribution in [0.25, 0.3) is 0 Å². The standard InChI is InChI=1S/C21H26FN3O/c1-16(23-15-17-6-4-7-18(22)13-17)12-21(26)24-19-8-5-9-20(14-19)25-10-2-3-11-25/h4-9,13-14,16,23H,2-3,10-12,15H2,1H3,(H,24,26). The fourth-order valence-corrected chi connectivity index (χ4v) is 3.26. The van der Waals surface area contributed by atoms with E-state index in [0.717, 1.165) is 30.0 Å². The third kappa shape index (κ3) is 5.30. The van der Waals surface area contributed by atoms with Crippen LogP contribution in [0.15, 0.2) is 48.5 Å². The number of hydrogen-bond donors (Lipinski definition) is 2. The van der Waals surface area contributed by atoms with Gasteiger partial charge in [0, 0.05) is 43.5 Å². The largest absolute Gasteiger partial charge is 0.371 e. The van der Waals surface area contributed by atoms with E-state index in [9.17, 15) is 9.18 Å². The number of carbonyl (C=O) groups is 1. The molecule has 0 saturated carbocycles. The molecule has 1 saturated heterocycles. The number of nitrogens with one attached hydrogen (secondary N) is 2. The van der Waals surface area contributed by atoms with Gasteiger partial charge in [0.25, 0.3) is 0 Å². The molecule has 4 nitrogen and oxygen atoms in total. The van der Waals surface area contributed by atoms with Crippen LogP contribution in [0.5, 0.6) is 0 Å². The Balaban J connectivity index is 1.48. The highest BCUT2D eigenvalue weighted by atomic mass is 19.1. The molecule has 0 radical (unpaired) electrons. The van der Waals surface area contributed by atoms with Crippen molar-refractivity contribution in [3.05, 3.63) is 59.9 Å². The van der Waals surface area contributed by atoms with Crippen LogP contribution in [0.4, 0.5) is 15.8 Å². The van der Waals surface area contributed by atoms with Gasteiger partial charge in [-0.15, -0.1) is 0 Å². The Morgan fingerprint density at radius 1 is 1.15 bits per heavy atom. The quantitative estimate of drug-likeness (QED) is 0.791. The van der Waals surface area contributed by atoms with Crippen molar-refractivity contribution < 1.29 is 9.18 Å². The van der Waals surface area contributed by atoms with Gasteiger partial charge in [-0.25, -0.2) is 4.39 Å². The van der Waals surface area contributed by atoms with Crippen LogP contribution in [0.1, 0.15) is 31.7 Å². The Hall–Kier alpha value is -2.40. The molecule has 2 N–H and O–H groups in total. The number of amides is 1. The van der Waals surface area contributed by atoms with Crippen LogP contribution >= 0.6 is 0 Å². The van der Waals surface area contributed by atoms with Gasteiger partial charge in [-0.3, -0.25) is 4.79 Å². The minimum Gasteiger partial charge on any atom is -0.371 e. The van der Waals surface area contributed by atoms with Crippen molar-refractivity contribution in [1.82, 2.24) is 5.32 Å². The van der Waals surface area contributed by atoms with Crippen molar-refractivity contribution in [2.75, 3.05) is 23.3 Å². The van der Waals surface area contributed by atoms with Crippen LogP contribution in [0.2, 0.25) is 0 Å². The van der Waals surface area contributed by atoms with Gasteiger partial charge >= 0.3 is 0 Å². The normalized spacial score (nSPS) is 15.1. The summed E-state index contributed by atoms with van der Waals surface area (Å²) in [6, 6.07) is 14.5. The molecule has 1 heterocycles. The summed E-state index contributed by atoms with van der Waals surface area (Å²) in [4.78, 5) is 14.6. The SMILES string of the molecule is CC(CC(=O)Nc1cccc(N2CCCC2)c1)NCc1cccc(F)c1. The highest BCUT2D eigenvalue weighted by Gasteiger charge is 2.13. The minimum atomic E-state index is -0.243. The molecule has 3 rings (SSSR count). The summed E-state index contributed by atoms with van der Waals surface area (Å²) in [6.07, 6.45) is 2.82.